The van der Waals surface area contributed by atoms with E-state index in [1.807, 2.05) is 0 Å². The molecule has 15 heavy (non-hydrogen) atoms. The Morgan fingerprint density at radius 1 is 1.40 bits per heavy atom. The van der Waals surface area contributed by atoms with E-state index >= 15 is 0 Å². The Labute approximate surface area is 101 Å². The highest BCUT2D eigenvalue weighted by molar-refractivity contribution is 9.10. The highest BCUT2D eigenvalue weighted by atomic mass is 79.9. The molecule has 0 heterocycles. The van der Waals surface area contributed by atoms with Gasteiger partial charge in [-0.3, -0.25) is 0 Å². The zero-order valence-electron chi connectivity index (χ0n) is 9.84. The van der Waals surface area contributed by atoms with Crippen LogP contribution in [0.3, 0.4) is 0 Å². The summed E-state index contributed by atoms with van der Waals surface area (Å²) in [6.07, 6.45) is 0. The normalized spacial score (nSPS) is 12.6. The molecule has 84 valence electrons. The molecule has 0 aliphatic rings. The lowest BCUT2D eigenvalue weighted by atomic mass is 10.1. The number of nitrogens with zero attached hydrogens (tertiary/aromatic N) is 1. The summed E-state index contributed by atoms with van der Waals surface area (Å²) in [4.78, 5) is 2.10. The van der Waals surface area contributed by atoms with E-state index in [-0.39, 0.29) is 0 Å². The quantitative estimate of drug-likeness (QED) is 0.904. The second kappa shape index (κ2) is 5.52. The van der Waals surface area contributed by atoms with Crippen LogP contribution in [0.15, 0.2) is 22.7 Å². The van der Waals surface area contributed by atoms with Gasteiger partial charge in [0.25, 0.3) is 0 Å². The standard InChI is InChI=1S/C12H19BrN2/c1-5-14-9(2)11-7-6-10(15(3)4)8-12(11)13/h6-9,14H,5H2,1-4H3. The maximum Gasteiger partial charge on any atom is 0.0372 e. The van der Waals surface area contributed by atoms with Crippen molar-refractivity contribution >= 4 is 21.6 Å². The molecule has 1 rings (SSSR count). The van der Waals surface area contributed by atoms with E-state index in [1.54, 1.807) is 0 Å². The minimum Gasteiger partial charge on any atom is -0.378 e. The molecule has 0 spiro atoms. The van der Waals surface area contributed by atoms with Crippen LogP contribution in [0, 0.1) is 0 Å². The summed E-state index contributed by atoms with van der Waals surface area (Å²) in [5, 5.41) is 3.41. The van der Waals surface area contributed by atoms with Gasteiger partial charge in [0, 0.05) is 30.3 Å². The number of benzene rings is 1. The Morgan fingerprint density at radius 2 is 2.07 bits per heavy atom. The van der Waals surface area contributed by atoms with Crippen LogP contribution >= 0.6 is 15.9 Å². The average molecular weight is 271 g/mol. The van der Waals surface area contributed by atoms with E-state index in [9.17, 15) is 0 Å². The number of hydrogen-bond acceptors (Lipinski definition) is 2. The Kier molecular flexibility index (Phi) is 4.61. The largest absolute Gasteiger partial charge is 0.378 e. The zero-order chi connectivity index (χ0) is 11.4. The van der Waals surface area contributed by atoms with Gasteiger partial charge in [-0.25, -0.2) is 0 Å². The van der Waals surface area contributed by atoms with Crippen molar-refractivity contribution in [3.63, 3.8) is 0 Å². The molecule has 1 atom stereocenters. The Bertz CT molecular complexity index is 323. The van der Waals surface area contributed by atoms with Gasteiger partial charge in [0.1, 0.15) is 0 Å². The molecule has 0 aliphatic heterocycles. The number of nitrogens with one attached hydrogen (secondary N) is 1. The van der Waals surface area contributed by atoms with Gasteiger partial charge < -0.3 is 10.2 Å². The summed E-state index contributed by atoms with van der Waals surface area (Å²) >= 11 is 3.62. The first-order chi connectivity index (χ1) is 7.06. The predicted molar refractivity (Wildman–Crippen MR) is 70.6 cm³/mol. The molecule has 0 saturated carbocycles. The van der Waals surface area contributed by atoms with Gasteiger partial charge in [-0.05, 0) is 31.2 Å². The van der Waals surface area contributed by atoms with Crippen molar-refractivity contribution < 1.29 is 0 Å². The van der Waals surface area contributed by atoms with Crippen LogP contribution in [0.25, 0.3) is 0 Å². The summed E-state index contributed by atoms with van der Waals surface area (Å²) in [6, 6.07) is 6.87. The van der Waals surface area contributed by atoms with Crippen molar-refractivity contribution in [2.75, 3.05) is 25.5 Å². The van der Waals surface area contributed by atoms with Crippen LogP contribution in [-0.2, 0) is 0 Å². The van der Waals surface area contributed by atoms with Crippen molar-refractivity contribution in [3.05, 3.63) is 28.2 Å². The van der Waals surface area contributed by atoms with Crippen LogP contribution in [0.5, 0.6) is 0 Å². The molecule has 1 unspecified atom stereocenters. The molecule has 0 bridgehead atoms. The van der Waals surface area contributed by atoms with E-state index in [0.29, 0.717) is 6.04 Å². The molecule has 0 aromatic heterocycles. The van der Waals surface area contributed by atoms with Gasteiger partial charge in [0.15, 0.2) is 0 Å². The van der Waals surface area contributed by atoms with Crippen molar-refractivity contribution in [1.82, 2.24) is 5.32 Å². The SMILES string of the molecule is CCNC(C)c1ccc(N(C)C)cc1Br. The fourth-order valence-electron chi connectivity index (χ4n) is 1.56. The minimum atomic E-state index is 0.389. The van der Waals surface area contributed by atoms with Crippen LogP contribution in [0.4, 0.5) is 5.69 Å². The second-order valence-electron chi connectivity index (χ2n) is 3.88. The first-order valence-corrected chi connectivity index (χ1v) is 6.05. The predicted octanol–water partition coefficient (Wildman–Crippen LogP) is 3.19. The van der Waals surface area contributed by atoms with E-state index in [2.05, 4.69) is 72.3 Å². The molecule has 1 aromatic carbocycles. The average Bonchev–Trinajstić information content (AvgIpc) is 2.17. The lowest BCUT2D eigenvalue weighted by Crippen LogP contribution is -2.18. The maximum absolute atomic E-state index is 3.62. The number of halogens is 1. The van der Waals surface area contributed by atoms with Crippen molar-refractivity contribution in [1.29, 1.82) is 0 Å². The molecule has 0 aliphatic carbocycles. The lowest BCUT2D eigenvalue weighted by Gasteiger charge is -2.18. The van der Waals surface area contributed by atoms with Crippen molar-refractivity contribution in [3.8, 4) is 0 Å². The topological polar surface area (TPSA) is 15.3 Å². The van der Waals surface area contributed by atoms with Crippen LogP contribution in [0.1, 0.15) is 25.5 Å². The fraction of sp³-hybridized carbons (Fsp3) is 0.500. The summed E-state index contributed by atoms with van der Waals surface area (Å²) in [5.41, 5.74) is 2.52. The molecule has 3 heteroatoms. The Balaban J connectivity index is 2.92. The summed E-state index contributed by atoms with van der Waals surface area (Å²) < 4.78 is 1.17. The summed E-state index contributed by atoms with van der Waals surface area (Å²) in [6.45, 7) is 5.29. The molecule has 1 aromatic rings. The third kappa shape index (κ3) is 3.21. The highest BCUT2D eigenvalue weighted by Gasteiger charge is 2.08. The van der Waals surface area contributed by atoms with Gasteiger partial charge in [-0.15, -0.1) is 0 Å². The Hall–Kier alpha value is -0.540. The molecular formula is C12H19BrN2. The maximum atomic E-state index is 3.62. The minimum absolute atomic E-state index is 0.389. The Morgan fingerprint density at radius 3 is 2.53 bits per heavy atom. The van der Waals surface area contributed by atoms with Gasteiger partial charge in [0.2, 0.25) is 0 Å². The smallest absolute Gasteiger partial charge is 0.0372 e. The van der Waals surface area contributed by atoms with E-state index < -0.39 is 0 Å². The molecule has 0 amide bonds. The van der Waals surface area contributed by atoms with Crippen LogP contribution in [0.2, 0.25) is 0 Å². The molecular weight excluding hydrogens is 252 g/mol. The zero-order valence-corrected chi connectivity index (χ0v) is 11.4. The van der Waals surface area contributed by atoms with Gasteiger partial charge in [0.05, 0.1) is 0 Å². The fourth-order valence-corrected chi connectivity index (χ4v) is 2.27. The molecule has 1 N–H and O–H groups in total. The molecule has 0 saturated heterocycles. The number of anilines is 1. The van der Waals surface area contributed by atoms with Crippen molar-refractivity contribution in [2.45, 2.75) is 19.9 Å². The van der Waals surface area contributed by atoms with Crippen LogP contribution in [-0.4, -0.2) is 20.6 Å². The lowest BCUT2D eigenvalue weighted by molar-refractivity contribution is 0.596. The first-order valence-electron chi connectivity index (χ1n) is 5.26. The second-order valence-corrected chi connectivity index (χ2v) is 4.73. The molecule has 2 nitrogen and oxygen atoms in total. The number of rotatable bonds is 4. The van der Waals surface area contributed by atoms with Gasteiger partial charge in [-0.1, -0.05) is 28.9 Å². The third-order valence-corrected chi connectivity index (χ3v) is 3.16. The third-order valence-electron chi connectivity index (χ3n) is 2.48. The van der Waals surface area contributed by atoms with E-state index in [0.717, 1.165) is 6.54 Å². The number of hydrogen-bond donors (Lipinski definition) is 1. The highest BCUT2D eigenvalue weighted by Crippen LogP contribution is 2.27. The molecule has 0 radical (unpaired) electrons. The van der Waals surface area contributed by atoms with E-state index in [1.165, 1.54) is 15.7 Å². The van der Waals surface area contributed by atoms with Gasteiger partial charge in [-0.2, -0.15) is 0 Å². The van der Waals surface area contributed by atoms with E-state index in [4.69, 9.17) is 0 Å². The monoisotopic (exact) mass is 270 g/mol. The van der Waals surface area contributed by atoms with Gasteiger partial charge >= 0.3 is 0 Å². The molecule has 0 fully saturated rings. The first kappa shape index (κ1) is 12.5. The van der Waals surface area contributed by atoms with Crippen molar-refractivity contribution in [2.24, 2.45) is 0 Å². The summed E-state index contributed by atoms with van der Waals surface area (Å²) in [7, 11) is 4.10. The summed E-state index contributed by atoms with van der Waals surface area (Å²) in [5.74, 6) is 0. The van der Waals surface area contributed by atoms with Crippen LogP contribution < -0.4 is 10.2 Å².